The van der Waals surface area contributed by atoms with Gasteiger partial charge in [0.25, 0.3) is 0 Å². The molecule has 0 spiro atoms. The van der Waals surface area contributed by atoms with Gasteiger partial charge in [-0.05, 0) is 30.3 Å². The third kappa shape index (κ3) is 7.26. The monoisotopic (exact) mass is 582 g/mol. The van der Waals surface area contributed by atoms with E-state index in [0.717, 1.165) is 30.6 Å². The van der Waals surface area contributed by atoms with Gasteiger partial charge >= 0.3 is 24.7 Å². The van der Waals surface area contributed by atoms with Crippen LogP contribution < -0.4 is 9.47 Å². The van der Waals surface area contributed by atoms with Crippen molar-refractivity contribution in [2.45, 2.75) is 12.7 Å². The van der Waals surface area contributed by atoms with E-state index in [1.165, 1.54) is 18.2 Å². The highest BCUT2D eigenvalue weighted by atomic mass is 35.5. The number of nitrogens with zero attached hydrogens (tertiary/aromatic N) is 2. The quantitative estimate of drug-likeness (QED) is 0.248. The Morgan fingerprint density at radius 2 is 1.26 bits per heavy atom. The molecule has 4 aromatic rings. The maximum atomic E-state index is 12.1. The summed E-state index contributed by atoms with van der Waals surface area (Å²) in [7, 11) is 0. The lowest BCUT2D eigenvalue weighted by Crippen LogP contribution is -2.17. The Hall–Kier alpha value is -4.04. The van der Waals surface area contributed by atoms with Crippen LogP contribution in [0.15, 0.2) is 48.8 Å². The van der Waals surface area contributed by atoms with E-state index in [1.54, 1.807) is 0 Å². The number of aromatic nitrogens is 2. The molecule has 2 N–H and O–H groups in total. The van der Waals surface area contributed by atoms with Gasteiger partial charge < -0.3 is 19.7 Å². The van der Waals surface area contributed by atoms with Crippen LogP contribution in [0.5, 0.6) is 11.5 Å². The van der Waals surface area contributed by atoms with Crippen molar-refractivity contribution in [2.75, 3.05) is 0 Å². The first-order valence-corrected chi connectivity index (χ1v) is 10.5. The minimum Gasteiger partial charge on any atom is -0.478 e. The number of halogens is 8. The molecule has 16 heteroatoms. The van der Waals surface area contributed by atoms with Crippen LogP contribution >= 0.6 is 23.2 Å². The zero-order valence-electron chi connectivity index (χ0n) is 18.1. The Bertz CT molecular complexity index is 1510. The second-order valence-corrected chi connectivity index (χ2v) is 7.86. The number of carbonyl (C=O) groups is 2. The van der Waals surface area contributed by atoms with Gasteiger partial charge in [-0.15, -0.1) is 26.3 Å². The molecule has 2 aromatic carbocycles. The van der Waals surface area contributed by atoms with E-state index in [4.69, 9.17) is 33.4 Å². The molecule has 0 fully saturated rings. The van der Waals surface area contributed by atoms with Crippen molar-refractivity contribution < 1.29 is 55.6 Å². The van der Waals surface area contributed by atoms with Crippen LogP contribution in [0.2, 0.25) is 10.0 Å². The minimum atomic E-state index is -4.86. The fraction of sp³-hybridized carbons (Fsp3) is 0.0909. The molecule has 38 heavy (non-hydrogen) atoms. The van der Waals surface area contributed by atoms with Gasteiger partial charge in [-0.2, -0.15) is 0 Å². The SMILES string of the molecule is O=C(O)c1cnc2c(Cl)c(OC(F)(F)F)ccc2c1.O=C(O)c1cnc2cc(OC(F)(F)F)c(Cl)cc2c1. The molecule has 4 rings (SSSR count). The van der Waals surface area contributed by atoms with Crippen molar-refractivity contribution in [1.29, 1.82) is 0 Å². The highest BCUT2D eigenvalue weighted by Crippen LogP contribution is 2.35. The van der Waals surface area contributed by atoms with Gasteiger partial charge in [0, 0.05) is 29.2 Å². The summed E-state index contributed by atoms with van der Waals surface area (Å²) in [5.41, 5.74) is 0.00294. The Morgan fingerprint density at radius 1 is 0.737 bits per heavy atom. The zero-order chi connectivity index (χ0) is 28.4. The number of carboxylic acids is 2. The molecule has 2 heterocycles. The molecule has 0 saturated heterocycles. The van der Waals surface area contributed by atoms with E-state index in [-0.39, 0.29) is 32.2 Å². The van der Waals surface area contributed by atoms with Gasteiger partial charge in [0.15, 0.2) is 0 Å². The van der Waals surface area contributed by atoms with E-state index < -0.39 is 36.2 Å². The van der Waals surface area contributed by atoms with Gasteiger partial charge in [-0.25, -0.2) is 9.59 Å². The van der Waals surface area contributed by atoms with Crippen LogP contribution in [0.1, 0.15) is 20.7 Å². The fourth-order valence-corrected chi connectivity index (χ4v) is 3.39. The number of hydrogen-bond acceptors (Lipinski definition) is 6. The highest BCUT2D eigenvalue weighted by Gasteiger charge is 2.33. The molecule has 0 aliphatic rings. The van der Waals surface area contributed by atoms with Crippen molar-refractivity contribution in [3.63, 3.8) is 0 Å². The zero-order valence-corrected chi connectivity index (χ0v) is 19.6. The molecule has 2 aromatic heterocycles. The predicted octanol–water partition coefficient (Wildman–Crippen LogP) is 6.97. The Kier molecular flexibility index (Phi) is 8.07. The smallest absolute Gasteiger partial charge is 0.478 e. The number of alkyl halides is 6. The summed E-state index contributed by atoms with van der Waals surface area (Å²) in [6.07, 6.45) is -7.68. The highest BCUT2D eigenvalue weighted by molar-refractivity contribution is 6.36. The first-order chi connectivity index (χ1) is 17.5. The maximum absolute atomic E-state index is 12.1. The fourth-order valence-electron chi connectivity index (χ4n) is 2.92. The molecular formula is C22H10Cl2F6N2O6. The second kappa shape index (κ2) is 10.8. The van der Waals surface area contributed by atoms with Crippen LogP contribution in [0.4, 0.5) is 26.3 Å². The van der Waals surface area contributed by atoms with Crippen LogP contribution in [-0.4, -0.2) is 44.8 Å². The first kappa shape index (κ1) is 28.5. The second-order valence-electron chi connectivity index (χ2n) is 7.08. The largest absolute Gasteiger partial charge is 0.573 e. The van der Waals surface area contributed by atoms with Crippen molar-refractivity contribution in [3.05, 3.63) is 70.0 Å². The van der Waals surface area contributed by atoms with Crippen molar-refractivity contribution >= 4 is 56.9 Å². The normalized spacial score (nSPS) is 11.6. The molecule has 8 nitrogen and oxygen atoms in total. The summed E-state index contributed by atoms with van der Waals surface area (Å²) in [5, 5.41) is 17.5. The van der Waals surface area contributed by atoms with Crippen LogP contribution in [-0.2, 0) is 0 Å². The van der Waals surface area contributed by atoms with E-state index >= 15 is 0 Å². The third-order valence-electron chi connectivity index (χ3n) is 4.44. The van der Waals surface area contributed by atoms with Gasteiger partial charge in [-0.3, -0.25) is 9.97 Å². The Labute approximate surface area is 216 Å². The summed E-state index contributed by atoms with van der Waals surface area (Å²) >= 11 is 11.4. The molecular weight excluding hydrogens is 573 g/mol. The summed E-state index contributed by atoms with van der Waals surface area (Å²) in [4.78, 5) is 29.0. The van der Waals surface area contributed by atoms with Crippen molar-refractivity contribution in [3.8, 4) is 11.5 Å². The minimum absolute atomic E-state index is 0.0356. The van der Waals surface area contributed by atoms with E-state index in [0.29, 0.717) is 10.8 Å². The summed E-state index contributed by atoms with van der Waals surface area (Å²) in [6.45, 7) is 0. The summed E-state index contributed by atoms with van der Waals surface area (Å²) < 4.78 is 80.1. The van der Waals surface area contributed by atoms with Crippen molar-refractivity contribution in [1.82, 2.24) is 9.97 Å². The number of ether oxygens (including phenoxy) is 2. The maximum Gasteiger partial charge on any atom is 0.573 e. The van der Waals surface area contributed by atoms with E-state index in [1.807, 2.05) is 0 Å². The standard InChI is InChI=1S/2C11H5ClF3NO3/c12-7-2-5-1-6(10(17)18)4-16-8(5)3-9(7)19-11(13,14)15;12-8-7(19-11(13,14)15)2-1-5-3-6(10(17)18)4-16-9(5)8/h2*1-4H,(H,17,18). The molecule has 0 saturated carbocycles. The molecule has 0 atom stereocenters. The summed E-state index contributed by atoms with van der Waals surface area (Å²) in [5.74, 6) is -3.56. The van der Waals surface area contributed by atoms with E-state index in [2.05, 4.69) is 19.4 Å². The Morgan fingerprint density at radius 3 is 1.82 bits per heavy atom. The molecule has 0 bridgehead atoms. The van der Waals surface area contributed by atoms with Crippen LogP contribution in [0.25, 0.3) is 21.8 Å². The number of aromatic carboxylic acids is 2. The number of fused-ring (bicyclic) bond motifs is 2. The molecule has 0 aliphatic carbocycles. The number of pyridine rings is 2. The average Bonchev–Trinajstić information content (AvgIpc) is 2.79. The van der Waals surface area contributed by atoms with Gasteiger partial charge in [0.1, 0.15) is 16.5 Å². The number of carboxylic acid groups (broad SMARTS) is 2. The molecule has 0 radical (unpaired) electrons. The van der Waals surface area contributed by atoms with Gasteiger partial charge in [0.05, 0.1) is 27.2 Å². The average molecular weight is 583 g/mol. The van der Waals surface area contributed by atoms with E-state index in [9.17, 15) is 35.9 Å². The Balaban J connectivity index is 0.000000211. The lowest BCUT2D eigenvalue weighted by molar-refractivity contribution is -0.275. The van der Waals surface area contributed by atoms with Crippen molar-refractivity contribution in [2.24, 2.45) is 0 Å². The van der Waals surface area contributed by atoms with Gasteiger partial charge in [0.2, 0.25) is 0 Å². The van der Waals surface area contributed by atoms with Crippen LogP contribution in [0, 0.1) is 0 Å². The molecule has 0 aliphatic heterocycles. The number of hydrogen-bond donors (Lipinski definition) is 2. The first-order valence-electron chi connectivity index (χ1n) is 9.69. The van der Waals surface area contributed by atoms with Crippen LogP contribution in [0.3, 0.4) is 0 Å². The topological polar surface area (TPSA) is 119 Å². The van der Waals surface area contributed by atoms with Gasteiger partial charge in [-0.1, -0.05) is 23.2 Å². The third-order valence-corrected chi connectivity index (χ3v) is 5.10. The molecule has 0 unspecified atom stereocenters. The number of benzene rings is 2. The lowest BCUT2D eigenvalue weighted by atomic mass is 10.1. The summed E-state index contributed by atoms with van der Waals surface area (Å²) in [6, 6.07) is 6.93. The lowest BCUT2D eigenvalue weighted by Gasteiger charge is -2.11. The molecule has 0 amide bonds. The predicted molar refractivity (Wildman–Crippen MR) is 121 cm³/mol. The number of rotatable bonds is 4. The molecule has 200 valence electrons.